The minimum Gasteiger partial charge on any atom is -0.490 e. The molecule has 0 saturated heterocycles. The van der Waals surface area contributed by atoms with E-state index in [0.29, 0.717) is 37.2 Å². The molecule has 1 aliphatic carbocycles. The summed E-state index contributed by atoms with van der Waals surface area (Å²) < 4.78 is 16.9. The molecule has 1 fully saturated rings. The van der Waals surface area contributed by atoms with Crippen molar-refractivity contribution in [3.8, 4) is 11.5 Å². The molecule has 0 radical (unpaired) electrons. The van der Waals surface area contributed by atoms with Crippen LogP contribution in [0.5, 0.6) is 11.5 Å². The van der Waals surface area contributed by atoms with Crippen molar-refractivity contribution in [1.29, 1.82) is 0 Å². The molecule has 0 aromatic heterocycles. The Bertz CT molecular complexity index is 951. The Labute approximate surface area is 202 Å². The van der Waals surface area contributed by atoms with E-state index in [4.69, 9.17) is 14.2 Å². The molecule has 1 unspecified atom stereocenters. The first-order valence-electron chi connectivity index (χ1n) is 12.1. The second-order valence-corrected chi connectivity index (χ2v) is 8.58. The lowest BCUT2D eigenvalue weighted by Crippen LogP contribution is -2.38. The second kappa shape index (κ2) is 13.4. The Morgan fingerprint density at radius 2 is 1.79 bits per heavy atom. The van der Waals surface area contributed by atoms with Crippen LogP contribution < -0.4 is 14.8 Å². The van der Waals surface area contributed by atoms with Crippen LogP contribution in [-0.2, 0) is 20.9 Å². The van der Waals surface area contributed by atoms with Gasteiger partial charge in [-0.3, -0.25) is 4.79 Å². The molecule has 34 heavy (non-hydrogen) atoms. The number of rotatable bonds is 11. The highest BCUT2D eigenvalue weighted by atomic mass is 16.5. The first kappa shape index (κ1) is 25.3. The van der Waals surface area contributed by atoms with Crippen molar-refractivity contribution in [3.05, 3.63) is 65.7 Å². The summed E-state index contributed by atoms with van der Waals surface area (Å²) in [5.41, 5.74) is 1.83. The van der Waals surface area contributed by atoms with Crippen LogP contribution in [0.2, 0.25) is 0 Å². The quantitative estimate of drug-likeness (QED) is 0.360. The maximum Gasteiger partial charge on any atom is 0.331 e. The normalized spacial score (nSPS) is 15.0. The summed E-state index contributed by atoms with van der Waals surface area (Å²) in [7, 11) is 0. The number of carbonyl (C=O) groups is 2. The van der Waals surface area contributed by atoms with Crippen LogP contribution >= 0.6 is 0 Å². The molecule has 1 saturated carbocycles. The second-order valence-electron chi connectivity index (χ2n) is 8.58. The van der Waals surface area contributed by atoms with Gasteiger partial charge in [-0.2, -0.15) is 0 Å². The van der Waals surface area contributed by atoms with Gasteiger partial charge in [0.1, 0.15) is 6.61 Å². The van der Waals surface area contributed by atoms with Crippen LogP contribution in [-0.4, -0.2) is 31.1 Å². The topological polar surface area (TPSA) is 73.9 Å². The number of ether oxygens (including phenoxy) is 3. The van der Waals surface area contributed by atoms with Crippen molar-refractivity contribution < 1.29 is 23.8 Å². The molecule has 6 heteroatoms. The van der Waals surface area contributed by atoms with Gasteiger partial charge in [0.05, 0.1) is 6.61 Å². The molecule has 182 valence electrons. The van der Waals surface area contributed by atoms with E-state index >= 15 is 0 Å². The van der Waals surface area contributed by atoms with E-state index in [2.05, 4.69) is 5.32 Å². The van der Waals surface area contributed by atoms with Crippen molar-refractivity contribution in [1.82, 2.24) is 5.32 Å². The van der Waals surface area contributed by atoms with Crippen molar-refractivity contribution in [2.24, 2.45) is 5.92 Å². The summed E-state index contributed by atoms with van der Waals surface area (Å²) in [6.07, 6.45) is 8.14. The molecule has 1 atom stereocenters. The molecular formula is C28H35NO5. The Kier molecular flexibility index (Phi) is 10.0. The highest BCUT2D eigenvalue weighted by Gasteiger charge is 2.19. The van der Waals surface area contributed by atoms with Crippen LogP contribution in [0.3, 0.4) is 0 Å². The van der Waals surface area contributed by atoms with Crippen LogP contribution in [0, 0.1) is 5.92 Å². The van der Waals surface area contributed by atoms with Crippen LogP contribution in [0.4, 0.5) is 0 Å². The molecule has 1 N–H and O–H groups in total. The van der Waals surface area contributed by atoms with E-state index in [1.165, 1.54) is 25.3 Å². The summed E-state index contributed by atoms with van der Waals surface area (Å²) in [5, 5.41) is 2.91. The van der Waals surface area contributed by atoms with Crippen LogP contribution in [0.25, 0.3) is 6.08 Å². The van der Waals surface area contributed by atoms with Gasteiger partial charge in [0, 0.05) is 12.6 Å². The lowest BCUT2D eigenvalue weighted by atomic mass is 9.89. The third-order valence-electron chi connectivity index (χ3n) is 5.87. The minimum atomic E-state index is -0.839. The zero-order valence-corrected chi connectivity index (χ0v) is 20.1. The smallest absolute Gasteiger partial charge is 0.331 e. The largest absolute Gasteiger partial charge is 0.490 e. The molecule has 1 amide bonds. The van der Waals surface area contributed by atoms with Gasteiger partial charge in [0.25, 0.3) is 5.91 Å². The Morgan fingerprint density at radius 1 is 1.03 bits per heavy atom. The van der Waals surface area contributed by atoms with Crippen LogP contribution in [0.1, 0.15) is 57.1 Å². The summed E-state index contributed by atoms with van der Waals surface area (Å²) in [6.45, 7) is 5.07. The Hall–Kier alpha value is -3.28. The highest BCUT2D eigenvalue weighted by Crippen LogP contribution is 2.30. The fourth-order valence-corrected chi connectivity index (χ4v) is 3.96. The first-order chi connectivity index (χ1) is 16.5. The molecule has 0 bridgehead atoms. The number of hydrogen-bond donors (Lipinski definition) is 1. The number of nitrogens with one attached hydrogen (secondary N) is 1. The van der Waals surface area contributed by atoms with E-state index < -0.39 is 12.1 Å². The fraction of sp³-hybridized carbons (Fsp3) is 0.429. The molecule has 3 rings (SSSR count). The first-order valence-corrected chi connectivity index (χ1v) is 12.1. The Balaban J connectivity index is 1.51. The van der Waals surface area contributed by atoms with E-state index in [0.717, 1.165) is 24.0 Å². The van der Waals surface area contributed by atoms with Crippen molar-refractivity contribution in [2.75, 3.05) is 13.2 Å². The van der Waals surface area contributed by atoms with Gasteiger partial charge in [-0.1, -0.05) is 55.7 Å². The van der Waals surface area contributed by atoms with Crippen LogP contribution in [0.15, 0.2) is 54.6 Å². The summed E-state index contributed by atoms with van der Waals surface area (Å²) in [6, 6.07) is 15.4. The number of hydrogen-bond acceptors (Lipinski definition) is 5. The minimum absolute atomic E-state index is 0.258. The van der Waals surface area contributed by atoms with Gasteiger partial charge < -0.3 is 19.5 Å². The fourth-order valence-electron chi connectivity index (χ4n) is 3.96. The average molecular weight is 466 g/mol. The Morgan fingerprint density at radius 3 is 2.53 bits per heavy atom. The van der Waals surface area contributed by atoms with Gasteiger partial charge in [0.2, 0.25) is 0 Å². The number of benzene rings is 2. The number of esters is 1. The van der Waals surface area contributed by atoms with Crippen molar-refractivity contribution >= 4 is 18.0 Å². The SMILES string of the molecule is CCOc1cc(/C=C/C(=O)OC(C)C(=O)NCC2CCCCC2)ccc1OCc1ccccc1. The molecule has 6 nitrogen and oxygen atoms in total. The molecule has 2 aromatic rings. The highest BCUT2D eigenvalue weighted by molar-refractivity contribution is 5.90. The predicted molar refractivity (Wildman–Crippen MR) is 133 cm³/mol. The number of carbonyl (C=O) groups excluding carboxylic acids is 2. The van der Waals surface area contributed by atoms with Gasteiger partial charge in [0.15, 0.2) is 17.6 Å². The summed E-state index contributed by atoms with van der Waals surface area (Å²) in [5.74, 6) is 0.936. The molecule has 0 aliphatic heterocycles. The lowest BCUT2D eigenvalue weighted by molar-refractivity contribution is -0.150. The number of amides is 1. The van der Waals surface area contributed by atoms with Crippen molar-refractivity contribution in [2.45, 2.75) is 58.7 Å². The van der Waals surface area contributed by atoms with Crippen molar-refractivity contribution in [3.63, 3.8) is 0 Å². The molecular weight excluding hydrogens is 430 g/mol. The van der Waals surface area contributed by atoms with Gasteiger partial charge in [-0.05, 0) is 61.9 Å². The zero-order valence-electron chi connectivity index (χ0n) is 20.1. The summed E-state index contributed by atoms with van der Waals surface area (Å²) >= 11 is 0. The van der Waals surface area contributed by atoms with E-state index in [9.17, 15) is 9.59 Å². The zero-order chi connectivity index (χ0) is 24.2. The third-order valence-corrected chi connectivity index (χ3v) is 5.87. The molecule has 0 spiro atoms. The molecule has 1 aliphatic rings. The average Bonchev–Trinajstić information content (AvgIpc) is 2.87. The van der Waals surface area contributed by atoms with E-state index in [1.807, 2.05) is 55.5 Å². The van der Waals surface area contributed by atoms with Gasteiger partial charge in [-0.15, -0.1) is 0 Å². The lowest BCUT2D eigenvalue weighted by Gasteiger charge is -2.22. The standard InChI is InChI=1S/C28H35NO5/c1-3-32-26-18-22(14-16-25(26)33-20-24-12-8-5-9-13-24)15-17-27(30)34-21(2)28(31)29-19-23-10-6-4-7-11-23/h5,8-9,12-18,21,23H,3-4,6-7,10-11,19-20H2,1-2H3,(H,29,31)/b17-15+. The maximum absolute atomic E-state index is 12.3. The third kappa shape index (κ3) is 8.25. The monoisotopic (exact) mass is 465 g/mol. The van der Waals surface area contributed by atoms with E-state index in [-0.39, 0.29) is 5.91 Å². The molecule has 2 aromatic carbocycles. The van der Waals surface area contributed by atoms with Gasteiger partial charge in [-0.25, -0.2) is 4.79 Å². The predicted octanol–water partition coefficient (Wildman–Crippen LogP) is 5.31. The summed E-state index contributed by atoms with van der Waals surface area (Å²) in [4.78, 5) is 24.5. The molecule has 0 heterocycles. The van der Waals surface area contributed by atoms with Gasteiger partial charge >= 0.3 is 5.97 Å². The maximum atomic E-state index is 12.3. The van der Waals surface area contributed by atoms with E-state index in [1.54, 1.807) is 13.0 Å².